The predicted molar refractivity (Wildman–Crippen MR) is 164 cm³/mol. The first-order chi connectivity index (χ1) is 19.2. The van der Waals surface area contributed by atoms with Gasteiger partial charge in [-0.3, -0.25) is 0 Å². The van der Waals surface area contributed by atoms with Gasteiger partial charge in [0.15, 0.2) is 0 Å². The smallest absolute Gasteiger partial charge is 0.136 e. The van der Waals surface area contributed by atoms with Crippen LogP contribution in [-0.4, -0.2) is 4.57 Å². The summed E-state index contributed by atoms with van der Waals surface area (Å²) in [5.41, 5.74) is 11.5. The molecule has 0 spiro atoms. The van der Waals surface area contributed by atoms with Crippen LogP contribution in [-0.2, 0) is 0 Å². The standard InChI is InChI=1S/C37H25NO/c1-24-9-7-10-27(21-24)29-14-8-16-36-37(29)32-23-26(18-20-35(32)39-36)25-17-19-34-31(22-25)30-13-5-6-15-33(30)38(34)28-11-3-2-4-12-28/h2-23H,1H3. The first kappa shape index (κ1) is 22.0. The minimum atomic E-state index is 0.913. The predicted octanol–water partition coefficient (Wildman–Crippen LogP) is 10.3. The van der Waals surface area contributed by atoms with Gasteiger partial charge in [-0.15, -0.1) is 0 Å². The van der Waals surface area contributed by atoms with E-state index in [4.69, 9.17) is 4.42 Å². The lowest BCUT2D eigenvalue weighted by Crippen LogP contribution is -1.92. The molecule has 0 radical (unpaired) electrons. The molecule has 0 aliphatic rings. The maximum atomic E-state index is 6.31. The molecule has 2 nitrogen and oxygen atoms in total. The van der Waals surface area contributed by atoms with Crippen molar-refractivity contribution < 1.29 is 4.42 Å². The number of rotatable bonds is 3. The van der Waals surface area contributed by atoms with E-state index in [1.807, 2.05) is 0 Å². The van der Waals surface area contributed by atoms with Crippen molar-refractivity contribution >= 4 is 43.7 Å². The fourth-order valence-electron chi connectivity index (χ4n) is 6.07. The monoisotopic (exact) mass is 499 g/mol. The average molecular weight is 500 g/mol. The molecule has 0 atom stereocenters. The summed E-state index contributed by atoms with van der Waals surface area (Å²) in [6.45, 7) is 2.14. The van der Waals surface area contributed by atoms with Crippen molar-refractivity contribution in [3.05, 3.63) is 139 Å². The molecule has 184 valence electrons. The van der Waals surface area contributed by atoms with E-state index in [0.717, 1.165) is 16.6 Å². The number of fused-ring (bicyclic) bond motifs is 6. The highest BCUT2D eigenvalue weighted by molar-refractivity contribution is 6.14. The van der Waals surface area contributed by atoms with Crippen LogP contribution in [0.3, 0.4) is 0 Å². The zero-order chi connectivity index (χ0) is 25.9. The molecule has 8 rings (SSSR count). The van der Waals surface area contributed by atoms with Crippen molar-refractivity contribution in [2.45, 2.75) is 6.92 Å². The number of benzene rings is 6. The van der Waals surface area contributed by atoms with Crippen LogP contribution < -0.4 is 0 Å². The summed E-state index contributed by atoms with van der Waals surface area (Å²) in [4.78, 5) is 0. The van der Waals surface area contributed by atoms with Crippen LogP contribution in [0.4, 0.5) is 0 Å². The third-order valence-electron chi connectivity index (χ3n) is 7.84. The van der Waals surface area contributed by atoms with E-state index < -0.39 is 0 Å². The van der Waals surface area contributed by atoms with Crippen molar-refractivity contribution in [3.63, 3.8) is 0 Å². The number of para-hydroxylation sites is 2. The SMILES string of the molecule is Cc1cccc(-c2cccc3oc4ccc(-c5ccc6c(c5)c5ccccc5n6-c5ccccc5)cc4c23)c1. The topological polar surface area (TPSA) is 18.1 Å². The highest BCUT2D eigenvalue weighted by atomic mass is 16.3. The summed E-state index contributed by atoms with van der Waals surface area (Å²) in [6.07, 6.45) is 0. The van der Waals surface area contributed by atoms with Crippen molar-refractivity contribution in [1.82, 2.24) is 4.57 Å². The Kier molecular flexibility index (Phi) is 4.77. The second kappa shape index (κ2) is 8.47. The maximum absolute atomic E-state index is 6.31. The highest BCUT2D eigenvalue weighted by Crippen LogP contribution is 2.40. The van der Waals surface area contributed by atoms with Gasteiger partial charge < -0.3 is 8.98 Å². The molecular weight excluding hydrogens is 474 g/mol. The van der Waals surface area contributed by atoms with Crippen LogP contribution in [0, 0.1) is 6.92 Å². The average Bonchev–Trinajstić information content (AvgIpc) is 3.52. The van der Waals surface area contributed by atoms with Gasteiger partial charge in [0.05, 0.1) is 11.0 Å². The van der Waals surface area contributed by atoms with E-state index in [2.05, 4.69) is 145 Å². The van der Waals surface area contributed by atoms with Crippen molar-refractivity contribution in [2.24, 2.45) is 0 Å². The number of furan rings is 1. The fraction of sp³-hybridized carbons (Fsp3) is 0.0270. The molecule has 0 unspecified atom stereocenters. The van der Waals surface area contributed by atoms with Gasteiger partial charge >= 0.3 is 0 Å². The van der Waals surface area contributed by atoms with Gasteiger partial charge in [0.25, 0.3) is 0 Å². The van der Waals surface area contributed by atoms with Crippen LogP contribution in [0.15, 0.2) is 138 Å². The van der Waals surface area contributed by atoms with Crippen molar-refractivity contribution in [1.29, 1.82) is 0 Å². The zero-order valence-corrected chi connectivity index (χ0v) is 21.6. The van der Waals surface area contributed by atoms with Crippen LogP contribution in [0.25, 0.3) is 71.7 Å². The first-order valence-electron chi connectivity index (χ1n) is 13.4. The molecule has 6 aromatic carbocycles. The molecule has 0 fully saturated rings. The number of hydrogen-bond donors (Lipinski definition) is 0. The van der Waals surface area contributed by atoms with Gasteiger partial charge in [-0.2, -0.15) is 0 Å². The van der Waals surface area contributed by atoms with Crippen LogP contribution >= 0.6 is 0 Å². The maximum Gasteiger partial charge on any atom is 0.136 e. The van der Waals surface area contributed by atoms with Gasteiger partial charge in [-0.25, -0.2) is 0 Å². The van der Waals surface area contributed by atoms with Gasteiger partial charge in [0.1, 0.15) is 11.2 Å². The minimum absolute atomic E-state index is 0.913. The molecule has 0 bridgehead atoms. The van der Waals surface area contributed by atoms with E-state index in [9.17, 15) is 0 Å². The lowest BCUT2D eigenvalue weighted by Gasteiger charge is -2.08. The van der Waals surface area contributed by atoms with E-state index in [1.165, 1.54) is 60.7 Å². The number of hydrogen-bond acceptors (Lipinski definition) is 1. The Morgan fingerprint density at radius 1 is 0.487 bits per heavy atom. The van der Waals surface area contributed by atoms with Crippen LogP contribution in [0.1, 0.15) is 5.56 Å². The van der Waals surface area contributed by atoms with Gasteiger partial charge in [0.2, 0.25) is 0 Å². The number of nitrogens with zero attached hydrogens (tertiary/aromatic N) is 1. The van der Waals surface area contributed by atoms with Gasteiger partial charge in [0, 0.05) is 27.2 Å². The summed E-state index contributed by atoms with van der Waals surface area (Å²) in [5, 5.41) is 4.83. The van der Waals surface area contributed by atoms with E-state index in [0.29, 0.717) is 0 Å². The summed E-state index contributed by atoms with van der Waals surface area (Å²) < 4.78 is 8.67. The Morgan fingerprint density at radius 2 is 1.23 bits per heavy atom. The Labute approximate surface area is 226 Å². The summed E-state index contributed by atoms with van der Waals surface area (Å²) in [7, 11) is 0. The summed E-state index contributed by atoms with van der Waals surface area (Å²) in [6, 6.07) is 47.7. The Hall–Kier alpha value is -5.08. The van der Waals surface area contributed by atoms with E-state index in [-0.39, 0.29) is 0 Å². The lowest BCUT2D eigenvalue weighted by atomic mass is 9.96. The van der Waals surface area contributed by atoms with Crippen molar-refractivity contribution in [3.8, 4) is 27.9 Å². The molecule has 0 aliphatic carbocycles. The summed E-state index contributed by atoms with van der Waals surface area (Å²) in [5.74, 6) is 0. The molecule has 39 heavy (non-hydrogen) atoms. The molecule has 2 heteroatoms. The summed E-state index contributed by atoms with van der Waals surface area (Å²) >= 11 is 0. The fourth-order valence-corrected chi connectivity index (χ4v) is 6.07. The third-order valence-corrected chi connectivity index (χ3v) is 7.84. The second-order valence-electron chi connectivity index (χ2n) is 10.3. The van der Waals surface area contributed by atoms with Crippen molar-refractivity contribution in [2.75, 3.05) is 0 Å². The number of aromatic nitrogens is 1. The number of aryl methyl sites for hydroxylation is 1. The zero-order valence-electron chi connectivity index (χ0n) is 21.6. The molecular formula is C37H25NO. The van der Waals surface area contributed by atoms with E-state index in [1.54, 1.807) is 0 Å². The molecule has 8 aromatic rings. The third kappa shape index (κ3) is 3.42. The molecule has 0 saturated carbocycles. The lowest BCUT2D eigenvalue weighted by molar-refractivity contribution is 0.669. The van der Waals surface area contributed by atoms with E-state index >= 15 is 0 Å². The normalized spacial score (nSPS) is 11.7. The first-order valence-corrected chi connectivity index (χ1v) is 13.4. The minimum Gasteiger partial charge on any atom is -0.456 e. The van der Waals surface area contributed by atoms with Gasteiger partial charge in [-0.1, -0.05) is 90.5 Å². The van der Waals surface area contributed by atoms with Crippen LogP contribution in [0.2, 0.25) is 0 Å². The molecule has 2 aromatic heterocycles. The molecule has 0 amide bonds. The van der Waals surface area contributed by atoms with Crippen LogP contribution in [0.5, 0.6) is 0 Å². The highest BCUT2D eigenvalue weighted by Gasteiger charge is 2.16. The quantitative estimate of drug-likeness (QED) is 0.236. The molecule has 2 heterocycles. The molecule has 0 N–H and O–H groups in total. The Bertz CT molecular complexity index is 2180. The molecule has 0 saturated heterocycles. The van der Waals surface area contributed by atoms with Gasteiger partial charge in [-0.05, 0) is 77.7 Å². The Balaban J connectivity index is 1.35. The molecule has 0 aliphatic heterocycles. The largest absolute Gasteiger partial charge is 0.456 e. The second-order valence-corrected chi connectivity index (χ2v) is 10.3. The Morgan fingerprint density at radius 3 is 2.10 bits per heavy atom.